The molecule has 2 nitrogen and oxygen atoms in total. The van der Waals surface area contributed by atoms with Gasteiger partial charge in [0.05, 0.1) is 6.04 Å². The second kappa shape index (κ2) is 3.58. The average Bonchev–Trinajstić information content (AvgIpc) is 2.50. The molecule has 3 heteroatoms. The van der Waals surface area contributed by atoms with E-state index < -0.39 is 0 Å². The minimum absolute atomic E-state index is 0.392. The van der Waals surface area contributed by atoms with Gasteiger partial charge in [-0.15, -0.1) is 0 Å². The standard InChI is InChI=1S/C11H14N2S/c1-8-3-5-9(6-4-8)10-7-12-11(14)13(10)2/h3-6,10H,7H2,1-2H3,(H,12,14)/t10-/m1/s1. The summed E-state index contributed by atoms with van der Waals surface area (Å²) >= 11 is 5.16. The normalized spacial score (nSPS) is 21.1. The van der Waals surface area contributed by atoms with Crippen molar-refractivity contribution in [3.8, 4) is 0 Å². The second-order valence-electron chi connectivity index (χ2n) is 3.72. The van der Waals surface area contributed by atoms with Gasteiger partial charge >= 0.3 is 0 Å². The van der Waals surface area contributed by atoms with Gasteiger partial charge in [0.25, 0.3) is 0 Å². The number of nitrogens with one attached hydrogen (secondary N) is 1. The molecule has 1 fully saturated rings. The van der Waals surface area contributed by atoms with E-state index in [4.69, 9.17) is 12.2 Å². The van der Waals surface area contributed by atoms with Crippen molar-refractivity contribution in [2.45, 2.75) is 13.0 Å². The summed E-state index contributed by atoms with van der Waals surface area (Å²) in [5, 5.41) is 4.03. The fourth-order valence-electron chi connectivity index (χ4n) is 1.72. The predicted octanol–water partition coefficient (Wildman–Crippen LogP) is 1.86. The van der Waals surface area contributed by atoms with E-state index in [1.54, 1.807) is 0 Å². The molecule has 0 radical (unpaired) electrons. The summed E-state index contributed by atoms with van der Waals surface area (Å²) in [7, 11) is 2.03. The first-order valence-corrected chi connectivity index (χ1v) is 5.16. The van der Waals surface area contributed by atoms with Gasteiger partial charge in [0.15, 0.2) is 5.11 Å². The van der Waals surface area contributed by atoms with E-state index in [0.29, 0.717) is 6.04 Å². The third-order valence-electron chi connectivity index (χ3n) is 2.70. The van der Waals surface area contributed by atoms with Gasteiger partial charge in [-0.1, -0.05) is 29.8 Å². The van der Waals surface area contributed by atoms with Gasteiger partial charge < -0.3 is 10.2 Å². The Morgan fingerprint density at radius 2 is 2.00 bits per heavy atom. The zero-order chi connectivity index (χ0) is 10.1. The molecule has 1 N–H and O–H groups in total. The van der Waals surface area contributed by atoms with Gasteiger partial charge in [-0.3, -0.25) is 0 Å². The molecule has 1 aliphatic heterocycles. The number of thiocarbonyl (C=S) groups is 1. The van der Waals surface area contributed by atoms with Crippen LogP contribution < -0.4 is 5.32 Å². The van der Waals surface area contributed by atoms with Gasteiger partial charge in [0, 0.05) is 13.6 Å². The van der Waals surface area contributed by atoms with E-state index in [0.717, 1.165) is 11.7 Å². The molecule has 1 aliphatic rings. The number of likely N-dealkylation sites (N-methyl/N-ethyl adjacent to an activating group) is 1. The van der Waals surface area contributed by atoms with E-state index in [1.807, 2.05) is 7.05 Å². The molecule has 0 aliphatic carbocycles. The summed E-state index contributed by atoms with van der Waals surface area (Å²) < 4.78 is 0. The molecule has 1 saturated heterocycles. The van der Waals surface area contributed by atoms with E-state index in [1.165, 1.54) is 11.1 Å². The predicted molar refractivity (Wildman–Crippen MR) is 62.3 cm³/mol. The third-order valence-corrected chi connectivity index (χ3v) is 3.13. The highest BCUT2D eigenvalue weighted by Crippen LogP contribution is 2.22. The van der Waals surface area contributed by atoms with E-state index in [-0.39, 0.29) is 0 Å². The summed E-state index contributed by atoms with van der Waals surface area (Å²) in [6.45, 7) is 3.02. The van der Waals surface area contributed by atoms with Crippen molar-refractivity contribution >= 4 is 17.3 Å². The largest absolute Gasteiger partial charge is 0.360 e. The van der Waals surface area contributed by atoms with Crippen molar-refractivity contribution in [1.29, 1.82) is 0 Å². The van der Waals surface area contributed by atoms with Gasteiger partial charge in [-0.25, -0.2) is 0 Å². The maximum atomic E-state index is 5.16. The summed E-state index contributed by atoms with van der Waals surface area (Å²) in [6.07, 6.45) is 0. The SMILES string of the molecule is Cc1ccc([C@H]2CNC(=S)N2C)cc1. The molecule has 1 aromatic carbocycles. The molecule has 0 spiro atoms. The molecule has 14 heavy (non-hydrogen) atoms. The number of hydrogen-bond acceptors (Lipinski definition) is 1. The zero-order valence-corrected chi connectivity index (χ0v) is 9.27. The van der Waals surface area contributed by atoms with E-state index >= 15 is 0 Å². The number of aryl methyl sites for hydroxylation is 1. The summed E-state index contributed by atoms with van der Waals surface area (Å²) in [5.74, 6) is 0. The number of benzene rings is 1. The van der Waals surface area contributed by atoms with Crippen molar-refractivity contribution in [2.24, 2.45) is 0 Å². The van der Waals surface area contributed by atoms with Crippen LogP contribution in [0.15, 0.2) is 24.3 Å². The first kappa shape index (κ1) is 9.46. The van der Waals surface area contributed by atoms with Crippen LogP contribution in [-0.4, -0.2) is 23.6 Å². The lowest BCUT2D eigenvalue weighted by molar-refractivity contribution is 0.429. The van der Waals surface area contributed by atoms with Crippen LogP contribution in [0, 0.1) is 6.92 Å². The topological polar surface area (TPSA) is 15.3 Å². The number of rotatable bonds is 1. The van der Waals surface area contributed by atoms with Crippen molar-refractivity contribution < 1.29 is 0 Å². The van der Waals surface area contributed by atoms with E-state index in [2.05, 4.69) is 41.4 Å². The maximum Gasteiger partial charge on any atom is 0.169 e. The molecule has 2 rings (SSSR count). The van der Waals surface area contributed by atoms with E-state index in [9.17, 15) is 0 Å². The minimum Gasteiger partial charge on any atom is -0.360 e. The smallest absolute Gasteiger partial charge is 0.169 e. The van der Waals surface area contributed by atoms with Crippen LogP contribution in [0.5, 0.6) is 0 Å². The zero-order valence-electron chi connectivity index (χ0n) is 8.45. The molecule has 0 bridgehead atoms. The molecule has 0 aromatic heterocycles. The number of nitrogens with zero attached hydrogens (tertiary/aromatic N) is 1. The lowest BCUT2D eigenvalue weighted by Gasteiger charge is -2.19. The quantitative estimate of drug-likeness (QED) is 0.706. The van der Waals surface area contributed by atoms with Gasteiger partial charge in [0.2, 0.25) is 0 Å². The van der Waals surface area contributed by atoms with Gasteiger partial charge in [0.1, 0.15) is 0 Å². The number of hydrogen-bond donors (Lipinski definition) is 1. The summed E-state index contributed by atoms with van der Waals surface area (Å²) in [5.41, 5.74) is 2.62. The molecule has 74 valence electrons. The molecule has 0 saturated carbocycles. The van der Waals surface area contributed by atoms with Crippen LogP contribution in [0.3, 0.4) is 0 Å². The lowest BCUT2D eigenvalue weighted by atomic mass is 10.1. The Kier molecular flexibility index (Phi) is 2.42. The molecule has 0 unspecified atom stereocenters. The third kappa shape index (κ3) is 1.60. The fraction of sp³-hybridized carbons (Fsp3) is 0.364. The Morgan fingerprint density at radius 1 is 1.36 bits per heavy atom. The molecule has 1 heterocycles. The molecule has 1 atom stereocenters. The minimum atomic E-state index is 0.392. The van der Waals surface area contributed by atoms with Crippen molar-refractivity contribution in [3.63, 3.8) is 0 Å². The van der Waals surface area contributed by atoms with Crippen LogP contribution in [0.2, 0.25) is 0 Å². The maximum absolute atomic E-state index is 5.16. The Hall–Kier alpha value is -1.09. The van der Waals surface area contributed by atoms with Crippen LogP contribution in [0.1, 0.15) is 17.2 Å². The fourth-order valence-corrected chi connectivity index (χ4v) is 1.93. The Balaban J connectivity index is 2.23. The monoisotopic (exact) mass is 206 g/mol. The van der Waals surface area contributed by atoms with Gasteiger partial charge in [-0.05, 0) is 24.7 Å². The van der Waals surface area contributed by atoms with Crippen LogP contribution in [0.25, 0.3) is 0 Å². The van der Waals surface area contributed by atoms with Crippen molar-refractivity contribution in [1.82, 2.24) is 10.2 Å². The summed E-state index contributed by atoms with van der Waals surface area (Å²) in [4.78, 5) is 2.11. The van der Waals surface area contributed by atoms with Crippen LogP contribution in [0.4, 0.5) is 0 Å². The Labute approximate surface area is 89.9 Å². The van der Waals surface area contributed by atoms with Crippen LogP contribution >= 0.6 is 12.2 Å². The highest BCUT2D eigenvalue weighted by atomic mass is 32.1. The Morgan fingerprint density at radius 3 is 2.50 bits per heavy atom. The highest BCUT2D eigenvalue weighted by Gasteiger charge is 2.25. The molecular weight excluding hydrogens is 192 g/mol. The van der Waals surface area contributed by atoms with Crippen molar-refractivity contribution in [2.75, 3.05) is 13.6 Å². The first-order chi connectivity index (χ1) is 6.68. The van der Waals surface area contributed by atoms with Crippen molar-refractivity contribution in [3.05, 3.63) is 35.4 Å². The molecule has 0 amide bonds. The van der Waals surface area contributed by atoms with Gasteiger partial charge in [-0.2, -0.15) is 0 Å². The first-order valence-electron chi connectivity index (χ1n) is 4.75. The second-order valence-corrected chi connectivity index (χ2v) is 4.11. The molecule has 1 aromatic rings. The lowest BCUT2D eigenvalue weighted by Crippen LogP contribution is -2.24. The average molecular weight is 206 g/mol. The summed E-state index contributed by atoms with van der Waals surface area (Å²) in [6, 6.07) is 9.02. The highest BCUT2D eigenvalue weighted by molar-refractivity contribution is 7.80. The Bertz CT molecular complexity index is 345. The molecular formula is C11H14N2S. The van der Waals surface area contributed by atoms with Crippen LogP contribution in [-0.2, 0) is 0 Å².